The number of nitrogens with zero attached hydrogens (tertiary/aromatic N) is 2. The first kappa shape index (κ1) is 31.6. The van der Waals surface area contributed by atoms with Gasteiger partial charge in [0.1, 0.15) is 10.8 Å². The van der Waals surface area contributed by atoms with Crippen LogP contribution in [-0.4, -0.2) is 27.1 Å². The standard InChI is InChI=1S/C14H11N2O2S.2W.3Y/c1-8(17)14(2)6-5-11(16-14)13-15-10-4-3-9(18)7-12(10)19-13;;;;;/h4,6,18H,5H2,1-2H3;;;;;/q-3;;;;;. The second kappa shape index (κ2) is 13.2. The van der Waals surface area contributed by atoms with Crippen LogP contribution in [0.4, 0.5) is 0 Å². The summed E-state index contributed by atoms with van der Waals surface area (Å²) in [4.78, 5) is 20.5. The minimum atomic E-state index is -0.731. The largest absolute Gasteiger partial charge is 0.559 e. The van der Waals surface area contributed by atoms with Crippen molar-refractivity contribution in [2.75, 3.05) is 0 Å². The molecule has 3 rings (SSSR count). The molecule has 1 aromatic heterocycles. The van der Waals surface area contributed by atoms with Crippen molar-refractivity contribution in [2.24, 2.45) is 4.99 Å². The monoisotopic (exact) mass is 906 g/mol. The number of aliphatic imine (C=N–C) groups is 1. The molecule has 24 heavy (non-hydrogen) atoms. The van der Waals surface area contributed by atoms with Crippen LogP contribution in [0.3, 0.4) is 0 Å². The molecular formula is C14H11N2O2SW2Y3-3. The van der Waals surface area contributed by atoms with Gasteiger partial charge in [-0.3, -0.25) is 18.6 Å². The number of aromatic hydroxyl groups is 1. The van der Waals surface area contributed by atoms with Gasteiger partial charge in [0.15, 0.2) is 0 Å². The number of aromatic nitrogens is 1. The molecule has 1 aliphatic rings. The van der Waals surface area contributed by atoms with Gasteiger partial charge in [0, 0.05) is 146 Å². The predicted octanol–water partition coefficient (Wildman–Crippen LogP) is 2.33. The van der Waals surface area contributed by atoms with Crippen molar-refractivity contribution in [1.29, 1.82) is 0 Å². The number of phenolic OH excluding ortho intramolecular Hbond substituents is 1. The van der Waals surface area contributed by atoms with E-state index in [1.165, 1.54) is 11.3 Å². The summed E-state index contributed by atoms with van der Waals surface area (Å²) in [5, 5.41) is 10.1. The third-order valence-electron chi connectivity index (χ3n) is 3.25. The summed E-state index contributed by atoms with van der Waals surface area (Å²) >= 11 is 1.41. The van der Waals surface area contributed by atoms with Crippen molar-refractivity contribution in [1.82, 2.24) is 4.98 Å². The van der Waals surface area contributed by atoms with Crippen molar-refractivity contribution in [3.8, 4) is 5.75 Å². The van der Waals surface area contributed by atoms with Gasteiger partial charge in [-0.2, -0.15) is 16.0 Å². The predicted molar refractivity (Wildman–Crippen MR) is 73.5 cm³/mol. The molecule has 1 atom stereocenters. The third kappa shape index (κ3) is 7.08. The molecule has 1 unspecified atom stereocenters. The van der Waals surface area contributed by atoms with Crippen LogP contribution in [0.15, 0.2) is 11.1 Å². The molecule has 4 nitrogen and oxygen atoms in total. The van der Waals surface area contributed by atoms with Crippen LogP contribution in [-0.2, 0) is 145 Å². The third-order valence-corrected chi connectivity index (χ3v) is 4.29. The van der Waals surface area contributed by atoms with E-state index < -0.39 is 5.54 Å². The van der Waals surface area contributed by atoms with Gasteiger partial charge in [-0.15, -0.1) is 17.7 Å². The Balaban J connectivity index is -0.000000882. The zero-order valence-electron chi connectivity index (χ0n) is 13.1. The fraction of sp³-hybridized carbons (Fsp3) is 0.286. The van der Waals surface area contributed by atoms with Crippen molar-refractivity contribution >= 4 is 33.0 Å². The molecule has 1 aromatic carbocycles. The second-order valence-corrected chi connectivity index (χ2v) is 5.67. The number of fused-ring (bicyclic) bond motifs is 1. The molecular weight excluding hydrogens is 895 g/mol. The summed E-state index contributed by atoms with van der Waals surface area (Å²) in [6.07, 6.45) is 2.54. The fourth-order valence-electron chi connectivity index (χ4n) is 1.95. The van der Waals surface area contributed by atoms with Crippen LogP contribution in [0.1, 0.15) is 25.3 Å². The number of thiazole rings is 1. The van der Waals surface area contributed by atoms with E-state index in [0.29, 0.717) is 6.42 Å². The van der Waals surface area contributed by atoms with Gasteiger partial charge in [-0.1, -0.05) is 6.92 Å². The minimum absolute atomic E-state index is 0. The van der Waals surface area contributed by atoms with E-state index in [0.717, 1.165) is 20.9 Å². The zero-order valence-corrected chi connectivity index (χ0v) is 28.3. The van der Waals surface area contributed by atoms with Crippen LogP contribution in [0.5, 0.6) is 5.75 Å². The molecule has 2 aromatic rings. The summed E-state index contributed by atoms with van der Waals surface area (Å²) in [5.74, 6) is 0.0114. The minimum Gasteiger partial charge on any atom is -0.559 e. The Kier molecular flexibility index (Phi) is 17.4. The molecule has 10 heteroatoms. The van der Waals surface area contributed by atoms with E-state index in [9.17, 15) is 9.90 Å². The van der Waals surface area contributed by atoms with E-state index in [-0.39, 0.29) is 152 Å². The topological polar surface area (TPSA) is 62.5 Å². The van der Waals surface area contributed by atoms with Crippen molar-refractivity contribution in [3.05, 3.63) is 29.6 Å². The maximum absolute atomic E-state index is 11.6. The van der Waals surface area contributed by atoms with Crippen molar-refractivity contribution in [3.63, 3.8) is 0 Å². The fourth-order valence-corrected chi connectivity index (χ4v) is 2.89. The first-order chi connectivity index (χ1) is 8.98. The molecule has 0 spiro atoms. The molecule has 2 heterocycles. The number of phenols is 1. The Morgan fingerprint density at radius 2 is 2.00 bits per heavy atom. The molecule has 119 valence electrons. The number of carbonyl (C=O) groups excluding carboxylic acids is 1. The normalized spacial score (nSPS) is 18.0. The van der Waals surface area contributed by atoms with Crippen LogP contribution in [0, 0.1) is 18.6 Å². The Labute approximate surface area is 249 Å². The van der Waals surface area contributed by atoms with E-state index in [1.807, 2.05) is 6.42 Å². The number of benzene rings is 1. The van der Waals surface area contributed by atoms with Gasteiger partial charge in [-0.25, -0.2) is 0 Å². The van der Waals surface area contributed by atoms with Crippen LogP contribution >= 0.6 is 11.3 Å². The maximum atomic E-state index is 11.6. The van der Waals surface area contributed by atoms with Gasteiger partial charge in [0.25, 0.3) is 0 Å². The molecule has 0 saturated carbocycles. The molecule has 0 amide bonds. The number of rotatable bonds is 2. The van der Waals surface area contributed by atoms with Crippen molar-refractivity contribution in [2.45, 2.75) is 25.8 Å². The smallest absolute Gasteiger partial charge is 0.126 e. The van der Waals surface area contributed by atoms with Crippen molar-refractivity contribution < 1.29 is 150 Å². The number of ketones is 1. The summed E-state index contributed by atoms with van der Waals surface area (Å²) < 4.78 is 0.769. The molecule has 1 N–H and O–H groups in total. The average Bonchev–Trinajstić information content (AvgIpc) is 2.93. The van der Waals surface area contributed by atoms with Crippen LogP contribution < -0.4 is 0 Å². The van der Waals surface area contributed by atoms with Gasteiger partial charge in [0.2, 0.25) is 0 Å². The van der Waals surface area contributed by atoms with E-state index in [1.54, 1.807) is 19.9 Å². The number of hydrogen-bond acceptors (Lipinski definition) is 5. The summed E-state index contributed by atoms with van der Waals surface area (Å²) in [7, 11) is 0. The summed E-state index contributed by atoms with van der Waals surface area (Å²) in [6.45, 7) is 3.35. The van der Waals surface area contributed by atoms with E-state index in [2.05, 4.69) is 22.1 Å². The molecule has 0 aliphatic carbocycles. The first-order valence-electron chi connectivity index (χ1n) is 5.86. The molecule has 1 aliphatic heterocycles. The second-order valence-electron chi connectivity index (χ2n) is 4.67. The van der Waals surface area contributed by atoms with Crippen LogP contribution in [0.25, 0.3) is 10.2 Å². The van der Waals surface area contributed by atoms with Crippen LogP contribution in [0.2, 0.25) is 0 Å². The van der Waals surface area contributed by atoms with Gasteiger partial charge >= 0.3 is 0 Å². The number of Topliss-reactive ketones (excluding diaryl/α,β-unsaturated/α-hetero) is 1. The van der Waals surface area contributed by atoms with Gasteiger partial charge in [-0.05, 0) is 12.5 Å². The van der Waals surface area contributed by atoms with Gasteiger partial charge < -0.3 is 25.9 Å². The molecule has 0 saturated heterocycles. The molecule has 3 radical (unpaired) electrons. The number of carbonyl (C=O) groups is 1. The molecule has 0 fully saturated rings. The Morgan fingerprint density at radius 1 is 1.38 bits per heavy atom. The summed E-state index contributed by atoms with van der Waals surface area (Å²) in [6, 6.07) is 7.09. The first-order valence-corrected chi connectivity index (χ1v) is 6.67. The Hall–Kier alpha value is 2.94. The molecule has 0 bridgehead atoms. The number of hydrogen-bond donors (Lipinski definition) is 1. The SMILES string of the molecule is CC(=O)C1(C)[CH-]CC(c2nc3c[c-]c(O)[c-]c3s2)=N1.[W].[W].[Y].[Y].[Y]. The summed E-state index contributed by atoms with van der Waals surface area (Å²) in [5.41, 5.74) is 0.814. The zero-order chi connectivity index (χ0) is 13.6. The average molecular weight is 906 g/mol. The van der Waals surface area contributed by atoms with E-state index in [4.69, 9.17) is 0 Å². The van der Waals surface area contributed by atoms with Gasteiger partial charge in [0.05, 0.1) is 0 Å². The maximum Gasteiger partial charge on any atom is 0.126 e. The quantitative estimate of drug-likeness (QED) is 0.472. The Morgan fingerprint density at radius 3 is 2.54 bits per heavy atom. The van der Waals surface area contributed by atoms with E-state index >= 15 is 0 Å². The Bertz CT molecular complexity index is 727.